The van der Waals surface area contributed by atoms with Crippen LogP contribution in [0.1, 0.15) is 47.5 Å². The molecule has 12 heavy (non-hydrogen) atoms. The zero-order valence-corrected chi connectivity index (χ0v) is 9.28. The Morgan fingerprint density at radius 1 is 1.00 bits per heavy atom. The summed E-state index contributed by atoms with van der Waals surface area (Å²) in [5.74, 6) is 0. The molecule has 1 heterocycles. The van der Waals surface area contributed by atoms with Crippen molar-refractivity contribution in [1.29, 1.82) is 0 Å². The molecule has 1 fully saturated rings. The van der Waals surface area contributed by atoms with Gasteiger partial charge in [0.05, 0.1) is 5.60 Å². The van der Waals surface area contributed by atoms with Gasteiger partial charge in [0.1, 0.15) is 0 Å². The fourth-order valence-electron chi connectivity index (χ4n) is 0.965. The second-order valence-corrected chi connectivity index (χ2v) is 2.75. The predicted octanol–water partition coefficient (Wildman–Crippen LogP) is 2.17. The average molecular weight is 175 g/mol. The van der Waals surface area contributed by atoms with Crippen LogP contribution >= 0.6 is 0 Å². The quantitative estimate of drug-likeness (QED) is 0.591. The largest absolute Gasteiger partial charge is 0.390 e. The van der Waals surface area contributed by atoms with Crippen molar-refractivity contribution in [1.82, 2.24) is 5.32 Å². The summed E-state index contributed by atoms with van der Waals surface area (Å²) in [4.78, 5) is 0. The fraction of sp³-hybridized carbons (Fsp3) is 1.00. The van der Waals surface area contributed by atoms with Gasteiger partial charge >= 0.3 is 0 Å². The van der Waals surface area contributed by atoms with E-state index in [1.807, 2.05) is 34.6 Å². The van der Waals surface area contributed by atoms with E-state index in [1.165, 1.54) is 0 Å². The molecular formula is C10H25NO. The highest BCUT2D eigenvalue weighted by Gasteiger charge is 2.21. The minimum atomic E-state index is -0.384. The highest BCUT2D eigenvalue weighted by molar-refractivity contribution is 4.78. The Kier molecular flexibility index (Phi) is 10.8. The molecule has 0 unspecified atom stereocenters. The number of piperidine rings is 1. The van der Waals surface area contributed by atoms with Crippen molar-refractivity contribution < 1.29 is 5.11 Å². The molecule has 2 heteroatoms. The first kappa shape index (κ1) is 14.4. The second kappa shape index (κ2) is 9.01. The topological polar surface area (TPSA) is 32.3 Å². The first-order valence-electron chi connectivity index (χ1n) is 5.14. The van der Waals surface area contributed by atoms with E-state index in [1.54, 1.807) is 0 Å². The maximum atomic E-state index is 9.33. The molecule has 0 aromatic heterocycles. The third kappa shape index (κ3) is 8.02. The number of hydrogen-bond donors (Lipinski definition) is 2. The summed E-state index contributed by atoms with van der Waals surface area (Å²) in [6.45, 7) is 11.8. The Morgan fingerprint density at radius 2 is 1.33 bits per heavy atom. The fourth-order valence-corrected chi connectivity index (χ4v) is 0.965. The molecule has 0 aromatic rings. The molecule has 0 spiro atoms. The normalized spacial score (nSPS) is 19.5. The Morgan fingerprint density at radius 3 is 1.50 bits per heavy atom. The lowest BCUT2D eigenvalue weighted by Gasteiger charge is -2.27. The lowest BCUT2D eigenvalue weighted by Crippen LogP contribution is -2.39. The van der Waals surface area contributed by atoms with Crippen molar-refractivity contribution in [3.63, 3.8) is 0 Å². The minimum absolute atomic E-state index is 0.384. The molecule has 2 nitrogen and oxygen atoms in total. The second-order valence-electron chi connectivity index (χ2n) is 2.75. The standard InChI is InChI=1S/C6H13NO.2C2H6/c1-6(8)2-4-7-5-3-6;2*1-2/h7-8H,2-5H2,1H3;2*1-2H3. The smallest absolute Gasteiger partial charge is 0.0644 e. The van der Waals surface area contributed by atoms with Gasteiger partial charge in [-0.2, -0.15) is 0 Å². The summed E-state index contributed by atoms with van der Waals surface area (Å²) >= 11 is 0. The number of nitrogens with one attached hydrogen (secondary N) is 1. The van der Waals surface area contributed by atoms with Gasteiger partial charge in [0.25, 0.3) is 0 Å². The maximum Gasteiger partial charge on any atom is 0.0644 e. The van der Waals surface area contributed by atoms with Gasteiger partial charge in [0.2, 0.25) is 0 Å². The van der Waals surface area contributed by atoms with Gasteiger partial charge in [-0.3, -0.25) is 0 Å². The number of rotatable bonds is 0. The SMILES string of the molecule is CC.CC.CC1(O)CCNCC1. The third-order valence-electron chi connectivity index (χ3n) is 1.68. The van der Waals surface area contributed by atoms with Crippen molar-refractivity contribution in [2.45, 2.75) is 53.1 Å². The molecule has 0 aliphatic carbocycles. The van der Waals surface area contributed by atoms with Crippen LogP contribution in [-0.4, -0.2) is 23.8 Å². The van der Waals surface area contributed by atoms with Gasteiger partial charge in [-0.05, 0) is 32.9 Å². The summed E-state index contributed by atoms with van der Waals surface area (Å²) in [6.07, 6.45) is 1.79. The van der Waals surface area contributed by atoms with Crippen molar-refractivity contribution in [3.05, 3.63) is 0 Å². The summed E-state index contributed by atoms with van der Waals surface area (Å²) < 4.78 is 0. The molecule has 0 bridgehead atoms. The summed E-state index contributed by atoms with van der Waals surface area (Å²) in [5.41, 5.74) is -0.384. The van der Waals surface area contributed by atoms with Crippen LogP contribution < -0.4 is 5.32 Å². The van der Waals surface area contributed by atoms with E-state index < -0.39 is 0 Å². The van der Waals surface area contributed by atoms with Crippen LogP contribution in [0.25, 0.3) is 0 Å². The van der Waals surface area contributed by atoms with Gasteiger partial charge < -0.3 is 10.4 Å². The van der Waals surface area contributed by atoms with Crippen LogP contribution in [0.3, 0.4) is 0 Å². The first-order chi connectivity index (χ1) is 5.71. The number of aliphatic hydroxyl groups is 1. The highest BCUT2D eigenvalue weighted by Crippen LogP contribution is 2.15. The molecule has 0 radical (unpaired) electrons. The van der Waals surface area contributed by atoms with Crippen molar-refractivity contribution in [2.75, 3.05) is 13.1 Å². The van der Waals surface area contributed by atoms with E-state index in [0.717, 1.165) is 25.9 Å². The Hall–Kier alpha value is -0.0800. The van der Waals surface area contributed by atoms with Crippen LogP contribution in [-0.2, 0) is 0 Å². The molecule has 0 saturated carbocycles. The van der Waals surface area contributed by atoms with E-state index in [0.29, 0.717) is 0 Å². The molecule has 76 valence electrons. The Balaban J connectivity index is 0. The minimum Gasteiger partial charge on any atom is -0.390 e. The number of hydrogen-bond acceptors (Lipinski definition) is 2. The van der Waals surface area contributed by atoms with Crippen LogP contribution in [0.2, 0.25) is 0 Å². The zero-order chi connectivity index (χ0) is 10.0. The lowest BCUT2D eigenvalue weighted by atomic mass is 9.95. The molecular weight excluding hydrogens is 150 g/mol. The molecule has 1 saturated heterocycles. The molecule has 0 amide bonds. The van der Waals surface area contributed by atoms with Crippen molar-refractivity contribution >= 4 is 0 Å². The van der Waals surface area contributed by atoms with E-state index in [2.05, 4.69) is 5.32 Å². The van der Waals surface area contributed by atoms with Gasteiger partial charge in [0.15, 0.2) is 0 Å². The Bertz CT molecular complexity index is 73.9. The maximum absolute atomic E-state index is 9.33. The Labute approximate surface area is 77.4 Å². The van der Waals surface area contributed by atoms with E-state index >= 15 is 0 Å². The van der Waals surface area contributed by atoms with E-state index in [9.17, 15) is 5.11 Å². The summed E-state index contributed by atoms with van der Waals surface area (Å²) in [6, 6.07) is 0. The first-order valence-corrected chi connectivity index (χ1v) is 5.14. The van der Waals surface area contributed by atoms with Gasteiger partial charge in [-0.15, -0.1) is 0 Å². The zero-order valence-electron chi connectivity index (χ0n) is 9.28. The predicted molar refractivity (Wildman–Crippen MR) is 55.4 cm³/mol. The summed E-state index contributed by atoms with van der Waals surface area (Å²) in [7, 11) is 0. The van der Waals surface area contributed by atoms with E-state index in [4.69, 9.17) is 0 Å². The van der Waals surface area contributed by atoms with Crippen molar-refractivity contribution in [3.8, 4) is 0 Å². The highest BCUT2D eigenvalue weighted by atomic mass is 16.3. The third-order valence-corrected chi connectivity index (χ3v) is 1.68. The average Bonchev–Trinajstić information content (AvgIpc) is 2.11. The van der Waals surface area contributed by atoms with E-state index in [-0.39, 0.29) is 5.60 Å². The van der Waals surface area contributed by atoms with Crippen LogP contribution in [0, 0.1) is 0 Å². The van der Waals surface area contributed by atoms with Crippen LogP contribution in [0.15, 0.2) is 0 Å². The monoisotopic (exact) mass is 175 g/mol. The molecule has 1 aliphatic rings. The van der Waals surface area contributed by atoms with Gasteiger partial charge in [-0.25, -0.2) is 0 Å². The van der Waals surface area contributed by atoms with Crippen LogP contribution in [0.4, 0.5) is 0 Å². The summed E-state index contributed by atoms with van der Waals surface area (Å²) in [5, 5.41) is 12.5. The molecule has 0 aromatic carbocycles. The van der Waals surface area contributed by atoms with Crippen LogP contribution in [0.5, 0.6) is 0 Å². The lowest BCUT2D eigenvalue weighted by molar-refractivity contribution is 0.0291. The molecule has 1 aliphatic heterocycles. The molecule has 1 rings (SSSR count). The van der Waals surface area contributed by atoms with Crippen molar-refractivity contribution in [2.24, 2.45) is 0 Å². The molecule has 2 N–H and O–H groups in total. The van der Waals surface area contributed by atoms with Gasteiger partial charge in [-0.1, -0.05) is 27.7 Å². The van der Waals surface area contributed by atoms with Gasteiger partial charge in [0, 0.05) is 0 Å². The molecule has 0 atom stereocenters.